The lowest BCUT2D eigenvalue weighted by atomic mass is 9.80. The molecule has 0 fully saturated rings. The van der Waals surface area contributed by atoms with E-state index in [4.69, 9.17) is 15.7 Å². The van der Waals surface area contributed by atoms with Gasteiger partial charge in [0.05, 0.1) is 15.7 Å². The maximum Gasteiger partial charge on any atom is 0.0915 e. The van der Waals surface area contributed by atoms with E-state index in [2.05, 4.69) is 6.58 Å². The Balaban J connectivity index is 2.80. The second-order valence-corrected chi connectivity index (χ2v) is 0.575. The van der Waals surface area contributed by atoms with Gasteiger partial charge in [-0.3, -0.25) is 0 Å². The van der Waals surface area contributed by atoms with Crippen molar-refractivity contribution in [3.8, 4) is 0 Å². The Kier molecular flexibility index (Phi) is 1.18. The maximum absolute atomic E-state index is 4.69. The van der Waals surface area contributed by atoms with E-state index in [9.17, 15) is 0 Å². The van der Waals surface area contributed by atoms with Crippen LogP contribution in [-0.2, 0) is 0 Å². The van der Waals surface area contributed by atoms with Crippen molar-refractivity contribution in [2.45, 2.75) is 0 Å². The Bertz CT molecular complexity index is 27.0. The highest BCUT2D eigenvalue weighted by molar-refractivity contribution is 6.47. The Hall–Kier alpha value is -0.130. The standard InChI is InChI=1S/C2H2B2/c1-2(3)4/h1H2. The first-order valence-corrected chi connectivity index (χ1v) is 0.931. The van der Waals surface area contributed by atoms with Crippen molar-refractivity contribution in [2.75, 3.05) is 0 Å². The average Bonchev–Trinajstić information content (AvgIpc) is 0.811. The summed E-state index contributed by atoms with van der Waals surface area (Å²) < 4.78 is 0. The normalized spacial score (nSPS) is 6.00. The molecule has 0 aromatic heterocycles. The van der Waals surface area contributed by atoms with Gasteiger partial charge in [-0.25, -0.2) is 0 Å². The summed E-state index contributed by atoms with van der Waals surface area (Å²) in [4.78, 5) is 0. The third-order valence-electron chi connectivity index (χ3n) is 0. The fraction of sp³-hybridized carbons (Fsp3) is 0. The number of hydrogen-bond donors (Lipinski definition) is 0. The molecule has 16 valence electrons. The summed E-state index contributed by atoms with van der Waals surface area (Å²) in [6, 6.07) is 0. The van der Waals surface area contributed by atoms with E-state index in [1.165, 1.54) is 0 Å². The lowest BCUT2D eigenvalue weighted by Gasteiger charge is -1.65. The highest BCUT2D eigenvalue weighted by Gasteiger charge is 1.53. The molecule has 0 aromatic carbocycles. The molecule has 0 unspecified atom stereocenters. The maximum atomic E-state index is 4.69. The Morgan fingerprint density at radius 2 is 1.50 bits per heavy atom. The van der Waals surface area contributed by atoms with Gasteiger partial charge in [0.2, 0.25) is 0 Å². The molecule has 2 heteroatoms. The van der Waals surface area contributed by atoms with E-state index in [1.54, 1.807) is 0 Å². The Morgan fingerprint density at radius 3 is 1.50 bits per heavy atom. The molecule has 0 N–H and O–H groups in total. The Morgan fingerprint density at radius 1 is 1.50 bits per heavy atom. The van der Waals surface area contributed by atoms with Crippen LogP contribution in [-0.4, -0.2) is 15.7 Å². The molecule has 0 spiro atoms. The third-order valence-corrected chi connectivity index (χ3v) is 0. The van der Waals surface area contributed by atoms with Crippen LogP contribution in [0.1, 0.15) is 0 Å². The SMILES string of the molecule is [B]C([B])=C. The van der Waals surface area contributed by atoms with Crippen molar-refractivity contribution in [1.29, 1.82) is 0 Å². The second kappa shape index (κ2) is 1.22. The van der Waals surface area contributed by atoms with Gasteiger partial charge in [-0.1, -0.05) is 0 Å². The molecule has 0 bridgehead atoms. The quantitative estimate of drug-likeness (QED) is 0.332. The molecular weight excluding hydrogens is 45.6 g/mol. The molecule has 0 heterocycles. The van der Waals surface area contributed by atoms with E-state index < -0.39 is 0 Å². The van der Waals surface area contributed by atoms with Gasteiger partial charge in [-0.15, -0.1) is 6.58 Å². The van der Waals surface area contributed by atoms with Crippen molar-refractivity contribution in [1.82, 2.24) is 0 Å². The topological polar surface area (TPSA) is 0 Å². The van der Waals surface area contributed by atoms with Gasteiger partial charge in [0.1, 0.15) is 0 Å². The average molecular weight is 47.7 g/mol. The van der Waals surface area contributed by atoms with Crippen LogP contribution in [0.15, 0.2) is 12.0 Å². The summed E-state index contributed by atoms with van der Waals surface area (Å²) in [5, 5.41) is 0.167. The smallest absolute Gasteiger partial charge is 0.0915 e. The zero-order valence-corrected chi connectivity index (χ0v) is 2.36. The van der Waals surface area contributed by atoms with E-state index in [-0.39, 0.29) is 5.37 Å². The van der Waals surface area contributed by atoms with Crippen LogP contribution in [0, 0.1) is 0 Å². The van der Waals surface area contributed by atoms with Crippen LogP contribution in [0.4, 0.5) is 0 Å². The van der Waals surface area contributed by atoms with Crippen LogP contribution in [0.5, 0.6) is 0 Å². The van der Waals surface area contributed by atoms with Crippen molar-refractivity contribution in [3.05, 3.63) is 12.0 Å². The minimum absolute atomic E-state index is 0.167. The largest absolute Gasteiger partial charge is 0.167 e. The molecule has 0 amide bonds. The summed E-state index contributed by atoms with van der Waals surface area (Å²) in [6.45, 7) is 3.11. The highest BCUT2D eigenvalue weighted by atomic mass is 13.2. The molecule has 4 radical (unpaired) electrons. The summed E-state index contributed by atoms with van der Waals surface area (Å²) in [7, 11) is 9.39. The zero-order valence-electron chi connectivity index (χ0n) is 2.36. The molecule has 0 saturated carbocycles. The van der Waals surface area contributed by atoms with Crippen molar-refractivity contribution in [2.24, 2.45) is 0 Å². The predicted octanol–water partition coefficient (Wildman–Crippen LogP) is -0.205. The van der Waals surface area contributed by atoms with Gasteiger partial charge in [-0.05, 0) is 0 Å². The van der Waals surface area contributed by atoms with Gasteiger partial charge in [0.15, 0.2) is 0 Å². The fourth-order valence-corrected chi connectivity index (χ4v) is 0. The molecule has 0 rings (SSSR count). The second-order valence-electron chi connectivity index (χ2n) is 0.575. The first kappa shape index (κ1) is 3.87. The number of hydrogen-bond acceptors (Lipinski definition) is 0. The first-order valence-electron chi connectivity index (χ1n) is 0.931. The third kappa shape index (κ3) is 83.6. The van der Waals surface area contributed by atoms with Crippen molar-refractivity contribution >= 4 is 15.7 Å². The van der Waals surface area contributed by atoms with Crippen LogP contribution >= 0.6 is 0 Å². The minimum atomic E-state index is 0.167. The van der Waals surface area contributed by atoms with Gasteiger partial charge in [0.25, 0.3) is 0 Å². The molecule has 0 nitrogen and oxygen atoms in total. The lowest BCUT2D eigenvalue weighted by Crippen LogP contribution is -1.67. The summed E-state index contributed by atoms with van der Waals surface area (Å²) >= 11 is 0. The van der Waals surface area contributed by atoms with Gasteiger partial charge < -0.3 is 0 Å². The van der Waals surface area contributed by atoms with E-state index in [0.29, 0.717) is 0 Å². The number of rotatable bonds is 0. The summed E-state index contributed by atoms with van der Waals surface area (Å²) in [5.41, 5.74) is 0. The van der Waals surface area contributed by atoms with E-state index in [0.717, 1.165) is 0 Å². The molecule has 0 aliphatic rings. The first-order chi connectivity index (χ1) is 1.73. The van der Waals surface area contributed by atoms with Crippen molar-refractivity contribution < 1.29 is 0 Å². The van der Waals surface area contributed by atoms with Crippen LogP contribution in [0.3, 0.4) is 0 Å². The van der Waals surface area contributed by atoms with Gasteiger partial charge >= 0.3 is 0 Å². The molecule has 0 atom stereocenters. The van der Waals surface area contributed by atoms with E-state index >= 15 is 0 Å². The Labute approximate surface area is 28.7 Å². The summed E-state index contributed by atoms with van der Waals surface area (Å²) in [6.07, 6.45) is 0. The van der Waals surface area contributed by atoms with Crippen molar-refractivity contribution in [3.63, 3.8) is 0 Å². The monoisotopic (exact) mass is 48.0 g/mol. The lowest BCUT2D eigenvalue weighted by molar-refractivity contribution is 2.44. The molecule has 0 aromatic rings. The molecule has 0 saturated heterocycles. The molecular formula is C2H2B2. The highest BCUT2D eigenvalue weighted by Crippen LogP contribution is 1.55. The van der Waals surface area contributed by atoms with Crippen LogP contribution in [0.25, 0.3) is 0 Å². The minimum Gasteiger partial charge on any atom is -0.167 e. The predicted molar refractivity (Wildman–Crippen MR) is 20.6 cm³/mol. The zero-order chi connectivity index (χ0) is 3.58. The molecule has 4 heavy (non-hydrogen) atoms. The fourth-order valence-electron chi connectivity index (χ4n) is 0. The van der Waals surface area contributed by atoms with E-state index in [1.807, 2.05) is 0 Å². The molecule has 0 aliphatic heterocycles. The molecule has 0 aliphatic carbocycles. The summed E-state index contributed by atoms with van der Waals surface area (Å²) in [5.74, 6) is 0. The van der Waals surface area contributed by atoms with Gasteiger partial charge in [-0.2, -0.15) is 5.37 Å². The van der Waals surface area contributed by atoms with Gasteiger partial charge in [0, 0.05) is 0 Å². The van der Waals surface area contributed by atoms with Crippen LogP contribution in [0.2, 0.25) is 0 Å². The van der Waals surface area contributed by atoms with Crippen LogP contribution < -0.4 is 0 Å².